The number of nitrogens with zero attached hydrogens (tertiary/aromatic N) is 4. The fraction of sp³-hybridized carbons (Fsp3) is 0.500. The number of halogens is 3. The van der Waals surface area contributed by atoms with Crippen LogP contribution in [0.2, 0.25) is 0 Å². The number of guanidine groups is 1. The van der Waals surface area contributed by atoms with Crippen molar-refractivity contribution in [2.75, 3.05) is 7.05 Å². The third kappa shape index (κ3) is 4.47. The average molecular weight is 360 g/mol. The Morgan fingerprint density at radius 2 is 1.96 bits per heavy atom. The Morgan fingerprint density at radius 1 is 1.29 bits per heavy atom. The first-order chi connectivity index (χ1) is 11.2. The summed E-state index contributed by atoms with van der Waals surface area (Å²) in [6.45, 7) is 4.35. The number of alkyl halides is 3. The number of aryl methyl sites for hydroxylation is 3. The van der Waals surface area contributed by atoms with E-state index >= 15 is 0 Å². The van der Waals surface area contributed by atoms with Gasteiger partial charge in [-0.3, -0.25) is 9.67 Å². The lowest BCUT2D eigenvalue weighted by molar-refractivity contribution is -0.142. The molecule has 10 heteroatoms. The van der Waals surface area contributed by atoms with E-state index in [1.807, 2.05) is 13.8 Å². The van der Waals surface area contributed by atoms with Crippen LogP contribution < -0.4 is 10.6 Å². The van der Waals surface area contributed by atoms with Crippen LogP contribution in [0.3, 0.4) is 0 Å². The van der Waals surface area contributed by atoms with Crippen LogP contribution in [-0.2, 0) is 26.3 Å². The second kappa shape index (κ2) is 7.20. The summed E-state index contributed by atoms with van der Waals surface area (Å²) in [7, 11) is 3.01. The number of nitrogens with one attached hydrogen (secondary N) is 2. The van der Waals surface area contributed by atoms with Crippen molar-refractivity contribution < 1.29 is 13.2 Å². The van der Waals surface area contributed by atoms with E-state index in [-0.39, 0.29) is 12.1 Å². The number of rotatable bonds is 4. The third-order valence-corrected chi connectivity index (χ3v) is 4.40. The largest absolute Gasteiger partial charge is 0.435 e. The summed E-state index contributed by atoms with van der Waals surface area (Å²) in [4.78, 5) is 9.54. The number of aliphatic imine (C=N–C) groups is 1. The van der Waals surface area contributed by atoms with Gasteiger partial charge in [-0.25, -0.2) is 4.98 Å². The zero-order valence-corrected chi connectivity index (χ0v) is 14.6. The lowest BCUT2D eigenvalue weighted by atomic mass is 10.2. The van der Waals surface area contributed by atoms with Gasteiger partial charge >= 0.3 is 6.18 Å². The highest BCUT2D eigenvalue weighted by molar-refractivity contribution is 7.11. The molecule has 0 aliphatic rings. The predicted octanol–water partition coefficient (Wildman–Crippen LogP) is 2.38. The monoisotopic (exact) mass is 360 g/mol. The molecule has 2 aromatic rings. The van der Waals surface area contributed by atoms with Crippen molar-refractivity contribution in [1.82, 2.24) is 25.4 Å². The quantitative estimate of drug-likeness (QED) is 0.649. The van der Waals surface area contributed by atoms with E-state index in [4.69, 9.17) is 0 Å². The predicted molar refractivity (Wildman–Crippen MR) is 86.8 cm³/mol. The highest BCUT2D eigenvalue weighted by Crippen LogP contribution is 2.30. The Hall–Kier alpha value is -2.10. The van der Waals surface area contributed by atoms with Crippen molar-refractivity contribution >= 4 is 17.3 Å². The minimum atomic E-state index is -4.48. The van der Waals surface area contributed by atoms with Crippen molar-refractivity contribution in [3.05, 3.63) is 33.0 Å². The molecule has 0 fully saturated rings. The van der Waals surface area contributed by atoms with Crippen LogP contribution in [0, 0.1) is 13.8 Å². The molecular formula is C14H19F3N6S. The maximum absolute atomic E-state index is 12.9. The van der Waals surface area contributed by atoms with Gasteiger partial charge in [0.1, 0.15) is 5.01 Å². The first-order valence-corrected chi connectivity index (χ1v) is 7.99. The molecule has 0 saturated carbocycles. The topological polar surface area (TPSA) is 67.1 Å². The summed E-state index contributed by atoms with van der Waals surface area (Å²) in [5.41, 5.74) is 0.151. The van der Waals surface area contributed by atoms with E-state index in [1.54, 1.807) is 18.4 Å². The van der Waals surface area contributed by atoms with Crippen LogP contribution in [0.15, 0.2) is 11.2 Å². The van der Waals surface area contributed by atoms with Gasteiger partial charge in [-0.05, 0) is 13.8 Å². The minimum absolute atomic E-state index is 0.0295. The molecule has 0 radical (unpaired) electrons. The maximum atomic E-state index is 12.9. The first-order valence-electron chi connectivity index (χ1n) is 7.18. The molecule has 0 aromatic carbocycles. The van der Waals surface area contributed by atoms with Gasteiger partial charge in [-0.15, -0.1) is 11.3 Å². The molecule has 2 N–H and O–H groups in total. The summed E-state index contributed by atoms with van der Waals surface area (Å²) in [5.74, 6) is 0.400. The number of thiazole rings is 1. The fourth-order valence-corrected chi connectivity index (χ4v) is 2.95. The normalized spacial score (nSPS) is 12.5. The molecule has 2 heterocycles. The van der Waals surface area contributed by atoms with Gasteiger partial charge in [0.05, 0.1) is 12.2 Å². The van der Waals surface area contributed by atoms with Crippen LogP contribution in [0.4, 0.5) is 13.2 Å². The maximum Gasteiger partial charge on any atom is 0.435 e. The SMILES string of the molecule is CN=C(NCc1nc(C)c(C)s1)NCc1cn(C)nc1C(F)(F)F. The highest BCUT2D eigenvalue weighted by Gasteiger charge is 2.36. The van der Waals surface area contributed by atoms with E-state index in [1.165, 1.54) is 13.2 Å². The van der Waals surface area contributed by atoms with E-state index in [0.29, 0.717) is 12.5 Å². The molecule has 0 amide bonds. The van der Waals surface area contributed by atoms with Crippen molar-refractivity contribution in [2.45, 2.75) is 33.1 Å². The lowest BCUT2D eigenvalue weighted by Crippen LogP contribution is -2.36. The summed E-state index contributed by atoms with van der Waals surface area (Å²) in [5, 5.41) is 10.3. The highest BCUT2D eigenvalue weighted by atomic mass is 32.1. The van der Waals surface area contributed by atoms with Gasteiger partial charge in [-0.2, -0.15) is 18.3 Å². The zero-order valence-electron chi connectivity index (χ0n) is 13.8. The second-order valence-corrected chi connectivity index (χ2v) is 6.49. The molecule has 0 bridgehead atoms. The van der Waals surface area contributed by atoms with Gasteiger partial charge in [0.25, 0.3) is 0 Å². The van der Waals surface area contributed by atoms with Crippen molar-refractivity contribution in [1.29, 1.82) is 0 Å². The molecule has 0 atom stereocenters. The van der Waals surface area contributed by atoms with Crippen LogP contribution in [0.5, 0.6) is 0 Å². The van der Waals surface area contributed by atoms with Crippen molar-refractivity contribution in [3.8, 4) is 0 Å². The van der Waals surface area contributed by atoms with E-state index in [2.05, 4.69) is 25.7 Å². The second-order valence-electron chi connectivity index (χ2n) is 5.20. The molecule has 24 heavy (non-hydrogen) atoms. The van der Waals surface area contributed by atoms with Crippen LogP contribution in [0.1, 0.15) is 26.8 Å². The van der Waals surface area contributed by atoms with Crippen LogP contribution in [0.25, 0.3) is 0 Å². The third-order valence-electron chi connectivity index (χ3n) is 3.32. The molecule has 6 nitrogen and oxygen atoms in total. The standard InChI is InChI=1S/C14H19F3N6S/c1-8-9(2)24-11(21-8)6-20-13(18-3)19-5-10-7-23(4)22-12(10)14(15,16)17/h7H,5-6H2,1-4H3,(H2,18,19,20). The van der Waals surface area contributed by atoms with E-state index in [0.717, 1.165) is 20.3 Å². The van der Waals surface area contributed by atoms with Gasteiger partial charge in [0, 0.05) is 37.3 Å². The van der Waals surface area contributed by atoms with E-state index < -0.39 is 11.9 Å². The molecule has 2 rings (SSSR count). The fourth-order valence-electron chi connectivity index (χ4n) is 2.08. The Morgan fingerprint density at radius 3 is 2.50 bits per heavy atom. The van der Waals surface area contributed by atoms with Crippen molar-refractivity contribution in [3.63, 3.8) is 0 Å². The van der Waals surface area contributed by atoms with Crippen LogP contribution >= 0.6 is 11.3 Å². The van der Waals surface area contributed by atoms with Crippen molar-refractivity contribution in [2.24, 2.45) is 12.0 Å². The summed E-state index contributed by atoms with van der Waals surface area (Å²) in [6.07, 6.45) is -3.14. The molecule has 0 aliphatic carbocycles. The molecular weight excluding hydrogens is 341 g/mol. The molecule has 0 spiro atoms. The summed E-state index contributed by atoms with van der Waals surface area (Å²) in [6, 6.07) is 0. The summed E-state index contributed by atoms with van der Waals surface area (Å²) < 4.78 is 39.9. The minimum Gasteiger partial charge on any atom is -0.352 e. The van der Waals surface area contributed by atoms with Gasteiger partial charge in [0.15, 0.2) is 11.7 Å². The molecule has 2 aromatic heterocycles. The smallest absolute Gasteiger partial charge is 0.352 e. The summed E-state index contributed by atoms with van der Waals surface area (Å²) >= 11 is 1.57. The Bertz CT molecular complexity index is 712. The van der Waals surface area contributed by atoms with E-state index in [9.17, 15) is 13.2 Å². The number of hydrogen-bond donors (Lipinski definition) is 2. The molecule has 0 aliphatic heterocycles. The number of aromatic nitrogens is 3. The Balaban J connectivity index is 1.97. The molecule has 0 unspecified atom stereocenters. The van der Waals surface area contributed by atoms with Gasteiger partial charge in [0.2, 0.25) is 0 Å². The zero-order chi connectivity index (χ0) is 17.9. The van der Waals surface area contributed by atoms with Gasteiger partial charge in [-0.1, -0.05) is 0 Å². The Labute approximate surface area is 141 Å². The first kappa shape index (κ1) is 18.2. The molecule has 132 valence electrons. The Kier molecular flexibility index (Phi) is 5.47. The number of hydrogen-bond acceptors (Lipinski definition) is 4. The lowest BCUT2D eigenvalue weighted by Gasteiger charge is -2.11. The van der Waals surface area contributed by atoms with Crippen LogP contribution in [-0.4, -0.2) is 27.8 Å². The van der Waals surface area contributed by atoms with Gasteiger partial charge < -0.3 is 10.6 Å². The average Bonchev–Trinajstić information content (AvgIpc) is 3.02. The molecule has 0 saturated heterocycles.